The number of ether oxygens (including phenoxy) is 5. The van der Waals surface area contributed by atoms with Crippen molar-refractivity contribution >= 4 is 35.1 Å². The van der Waals surface area contributed by atoms with Gasteiger partial charge in [0.2, 0.25) is 31.1 Å². The number of carboxylic acids is 2. The average Bonchev–Trinajstić information content (AvgIpc) is 2.19. The number of aryl methyl sites for hydroxylation is 7. The zero-order valence-corrected chi connectivity index (χ0v) is 50.9. The molecule has 6 aromatic rings. The predicted octanol–water partition coefficient (Wildman–Crippen LogP) is 13.2. The van der Waals surface area contributed by atoms with Gasteiger partial charge < -0.3 is 44.5 Å². The van der Waals surface area contributed by atoms with E-state index in [4.69, 9.17) is 23.7 Å². The van der Waals surface area contributed by atoms with Gasteiger partial charge in [0, 0.05) is 48.4 Å². The molecule has 2 amide bonds. The zero-order valence-electron chi connectivity index (χ0n) is 50.9. The van der Waals surface area contributed by atoms with Crippen LogP contribution in [0.5, 0.6) is 28.7 Å². The fourth-order valence-corrected chi connectivity index (χ4v) is 13.1. The van der Waals surface area contributed by atoms with Crippen molar-refractivity contribution in [3.05, 3.63) is 170 Å². The molecule has 4 heterocycles. The van der Waals surface area contributed by atoms with Crippen LogP contribution in [0.15, 0.2) is 103 Å². The lowest BCUT2D eigenvalue weighted by molar-refractivity contribution is -0.144. The Morgan fingerprint density at radius 3 is 1.44 bits per heavy atom. The molecule has 15 nitrogen and oxygen atoms in total. The van der Waals surface area contributed by atoms with Crippen LogP contribution in [0.1, 0.15) is 152 Å². The summed E-state index contributed by atoms with van der Waals surface area (Å²) in [6.45, 7) is 15.5. The highest BCUT2D eigenvalue weighted by atomic mass is 19.1. The maximum Gasteiger partial charge on any atom is 0.309 e. The van der Waals surface area contributed by atoms with Crippen LogP contribution in [0.3, 0.4) is 0 Å². The second-order valence-corrected chi connectivity index (χ2v) is 23.0. The van der Waals surface area contributed by atoms with Crippen LogP contribution in [0.25, 0.3) is 0 Å². The van der Waals surface area contributed by atoms with Gasteiger partial charge in [-0.15, -0.1) is 0 Å². The van der Waals surface area contributed by atoms with E-state index in [0.717, 1.165) is 102 Å². The Kier molecular flexibility index (Phi) is 20.7. The van der Waals surface area contributed by atoms with Crippen molar-refractivity contribution in [3.8, 4) is 28.7 Å². The maximum absolute atomic E-state index is 14.2. The molecule has 456 valence electrons. The molecule has 2 unspecified atom stereocenters. The first-order valence-electron chi connectivity index (χ1n) is 30.6. The van der Waals surface area contributed by atoms with Gasteiger partial charge in [-0.05, 0) is 150 Å². The van der Waals surface area contributed by atoms with E-state index in [0.29, 0.717) is 60.4 Å². The zero-order chi connectivity index (χ0) is 61.2. The Morgan fingerprint density at radius 2 is 0.977 bits per heavy atom. The Labute approximate surface area is 505 Å². The van der Waals surface area contributed by atoms with Crippen molar-refractivity contribution in [1.29, 1.82) is 0 Å². The molecule has 0 aliphatic carbocycles. The quantitative estimate of drug-likeness (QED) is 0.0475. The van der Waals surface area contributed by atoms with E-state index in [1.54, 1.807) is 0 Å². The number of methoxy groups -OCH3 is 1. The van der Waals surface area contributed by atoms with Gasteiger partial charge in [-0.25, -0.2) is 4.39 Å². The third-order valence-electron chi connectivity index (χ3n) is 17.4. The molecule has 4 aliphatic heterocycles. The van der Waals surface area contributed by atoms with Crippen molar-refractivity contribution in [3.63, 3.8) is 0 Å². The number of benzene rings is 6. The fraction of sp³-hybridized carbons (Fsp3) is 0.429. The number of amides is 2. The third-order valence-corrected chi connectivity index (χ3v) is 17.4. The second-order valence-electron chi connectivity index (χ2n) is 23.0. The number of carbonyl (C=O) groups excluding carboxylic acids is 2. The van der Waals surface area contributed by atoms with Gasteiger partial charge in [-0.2, -0.15) is 0 Å². The summed E-state index contributed by atoms with van der Waals surface area (Å²) < 4.78 is 42.1. The molecular weight excluding hydrogens is 1090 g/mol. The van der Waals surface area contributed by atoms with Crippen LogP contribution in [0.4, 0.5) is 15.8 Å². The van der Waals surface area contributed by atoms with E-state index in [1.165, 1.54) is 35.9 Å². The third kappa shape index (κ3) is 14.0. The lowest BCUT2D eigenvalue weighted by Crippen LogP contribution is -2.35. The van der Waals surface area contributed by atoms with Gasteiger partial charge >= 0.3 is 11.9 Å². The SMILES string of the molecule is CCCCc1ccc([C@H]2C(C(=O)O)[C@@H](c3cc(OC)c4c(c3)OCO4)CN2CC(=O)Nc2c(CC)cc(F)cc2CC)cc1.CCCCc1ccc([C@H]2C(C(=O)O)[C@@H](c3ccc4c(c3)OCO4)CN2CC(=O)Nc2c(CC)cc(C)cc2CC)cc1. The van der Waals surface area contributed by atoms with Crippen LogP contribution in [0, 0.1) is 24.6 Å². The van der Waals surface area contributed by atoms with Crippen LogP contribution in [0.2, 0.25) is 0 Å². The summed E-state index contributed by atoms with van der Waals surface area (Å²) in [6.07, 6.45) is 9.08. The Morgan fingerprint density at radius 1 is 0.547 bits per heavy atom. The number of carboxylic acid groups (broad SMARTS) is 2. The van der Waals surface area contributed by atoms with Crippen molar-refractivity contribution in [2.45, 2.75) is 137 Å². The number of aliphatic carboxylic acids is 2. The van der Waals surface area contributed by atoms with Crippen molar-refractivity contribution in [1.82, 2.24) is 9.80 Å². The number of unbranched alkanes of at least 4 members (excludes halogenated alkanes) is 2. The monoisotopic (exact) mass is 1170 g/mol. The molecule has 0 saturated carbocycles. The number of rotatable bonds is 23. The minimum absolute atomic E-state index is 0.0338. The number of halogens is 1. The topological polar surface area (TPSA) is 185 Å². The second kappa shape index (κ2) is 28.5. The summed E-state index contributed by atoms with van der Waals surface area (Å²) in [4.78, 5) is 57.3. The van der Waals surface area contributed by atoms with Gasteiger partial charge in [0.15, 0.2) is 23.0 Å². The molecule has 6 aromatic carbocycles. The summed E-state index contributed by atoms with van der Waals surface area (Å²) >= 11 is 0. The Bertz CT molecular complexity index is 3340. The first-order valence-corrected chi connectivity index (χ1v) is 30.6. The molecule has 16 heteroatoms. The van der Waals surface area contributed by atoms with E-state index >= 15 is 0 Å². The summed E-state index contributed by atoms with van der Waals surface area (Å²) in [5.41, 5.74) is 12.2. The van der Waals surface area contributed by atoms with Crippen molar-refractivity contribution in [2.75, 3.05) is 57.5 Å². The lowest BCUT2D eigenvalue weighted by Gasteiger charge is -2.27. The van der Waals surface area contributed by atoms with Crippen molar-refractivity contribution < 1.29 is 57.5 Å². The maximum atomic E-state index is 14.2. The summed E-state index contributed by atoms with van der Waals surface area (Å²) in [5, 5.41) is 27.5. The van der Waals surface area contributed by atoms with Crippen LogP contribution in [-0.2, 0) is 57.7 Å². The molecule has 2 fully saturated rings. The molecule has 0 radical (unpaired) electrons. The van der Waals surface area contributed by atoms with Gasteiger partial charge in [0.05, 0.1) is 32.0 Å². The number of likely N-dealkylation sites (tertiary alicyclic amines) is 2. The molecular formula is C70H83FN4O11. The van der Waals surface area contributed by atoms with Crippen LogP contribution < -0.4 is 34.3 Å². The first-order chi connectivity index (χ1) is 41.6. The Balaban J connectivity index is 0.000000206. The lowest BCUT2D eigenvalue weighted by atomic mass is 9.82. The fourth-order valence-electron chi connectivity index (χ4n) is 13.1. The molecule has 0 bridgehead atoms. The molecule has 86 heavy (non-hydrogen) atoms. The van der Waals surface area contributed by atoms with Gasteiger partial charge in [0.1, 0.15) is 5.82 Å². The molecule has 0 aromatic heterocycles. The highest BCUT2D eigenvalue weighted by Crippen LogP contribution is 2.51. The summed E-state index contributed by atoms with van der Waals surface area (Å²) in [6, 6.07) is 31.8. The van der Waals surface area contributed by atoms with Crippen LogP contribution >= 0.6 is 0 Å². The molecule has 6 atom stereocenters. The minimum Gasteiger partial charge on any atom is -0.493 e. The normalized spacial score (nSPS) is 19.5. The van der Waals surface area contributed by atoms with E-state index < -0.39 is 41.8 Å². The van der Waals surface area contributed by atoms with Gasteiger partial charge in [-0.1, -0.05) is 127 Å². The highest BCUT2D eigenvalue weighted by molar-refractivity contribution is 5.95. The van der Waals surface area contributed by atoms with E-state index in [-0.39, 0.29) is 50.2 Å². The number of carbonyl (C=O) groups is 4. The summed E-state index contributed by atoms with van der Waals surface area (Å²) in [5.74, 6) is -2.18. The summed E-state index contributed by atoms with van der Waals surface area (Å²) in [7, 11) is 1.54. The number of nitrogens with zero attached hydrogens (tertiary/aromatic N) is 2. The van der Waals surface area contributed by atoms with E-state index in [2.05, 4.69) is 81.7 Å². The number of hydrogen-bond acceptors (Lipinski definition) is 11. The molecule has 0 spiro atoms. The number of anilines is 2. The van der Waals surface area contributed by atoms with E-state index in [9.17, 15) is 33.8 Å². The van der Waals surface area contributed by atoms with Crippen LogP contribution in [-0.4, -0.2) is 90.6 Å². The van der Waals surface area contributed by atoms with Crippen molar-refractivity contribution in [2.24, 2.45) is 11.8 Å². The largest absolute Gasteiger partial charge is 0.493 e. The van der Waals surface area contributed by atoms with Gasteiger partial charge in [-0.3, -0.25) is 29.0 Å². The molecule has 4 N–H and O–H groups in total. The minimum atomic E-state index is -0.949. The molecule has 10 rings (SSSR count). The molecule has 2 saturated heterocycles. The molecule has 4 aliphatic rings. The predicted molar refractivity (Wildman–Crippen MR) is 331 cm³/mol. The Hall–Kier alpha value is -7.95. The highest BCUT2D eigenvalue weighted by Gasteiger charge is 2.50. The smallest absolute Gasteiger partial charge is 0.309 e. The van der Waals surface area contributed by atoms with Gasteiger partial charge in [0.25, 0.3) is 0 Å². The standard InChI is InChI=1S/C35H41FN2O6.C35H42N2O5/c1-5-8-9-21-10-12-24(13-11-21)33-31(35(40)41)27(25-16-28(42-4)34-29(17-25)43-20-44-34)18-38(33)19-30(39)37-32-22(6-2)14-26(36)15-23(32)7-3;1-5-8-9-23-10-12-26(13-11-23)34-32(35(39)40)28(27-14-15-29-30(18-27)42-21-41-29)19-37(34)20-31(38)36-33-24(6-2)16-22(4)17-25(33)7-3/h10-17,27,31,33H,5-9,18-20H2,1-4H3,(H,37,39)(H,40,41);10-18,28,32,34H,5-9,19-21H2,1-4H3,(H,36,38)(H,39,40)/t27-,31?,33+;28-,32?,34+/m11/s1. The average molecular weight is 1180 g/mol. The number of nitrogens with one attached hydrogen (secondary N) is 2. The van der Waals surface area contributed by atoms with E-state index in [1.807, 2.05) is 78.2 Å². The first kappa shape index (κ1) is 62.6. The number of hydrogen-bond donors (Lipinski definition) is 4. The number of fused-ring (bicyclic) bond motifs is 2.